The van der Waals surface area contributed by atoms with Gasteiger partial charge in [-0.2, -0.15) is 0 Å². The number of hydrogen-bond donors (Lipinski definition) is 1. The molecule has 0 unspecified atom stereocenters. The van der Waals surface area contributed by atoms with Crippen molar-refractivity contribution in [3.8, 4) is 0 Å². The highest BCUT2D eigenvalue weighted by Crippen LogP contribution is 2.28. The highest BCUT2D eigenvalue weighted by molar-refractivity contribution is 7.92. The molecule has 0 aliphatic heterocycles. The van der Waals surface area contributed by atoms with E-state index >= 15 is 0 Å². The van der Waals surface area contributed by atoms with E-state index < -0.39 is 15.8 Å². The molecule has 0 fully saturated rings. The third-order valence-corrected chi connectivity index (χ3v) is 2.68. The predicted octanol–water partition coefficient (Wildman–Crippen LogP) is 2.41. The lowest BCUT2D eigenvalue weighted by atomic mass is 10.1. The van der Waals surface area contributed by atoms with Crippen molar-refractivity contribution in [3.05, 3.63) is 28.5 Å². The van der Waals surface area contributed by atoms with Gasteiger partial charge in [0.05, 0.1) is 17.0 Å². The van der Waals surface area contributed by atoms with E-state index in [-0.39, 0.29) is 10.7 Å². The molecule has 1 rings (SSSR count). The first kappa shape index (κ1) is 12.3. The molecular weight excluding hydrogens is 241 g/mol. The van der Waals surface area contributed by atoms with E-state index in [1.54, 1.807) is 6.92 Å². The Bertz CT molecular complexity index is 473. The Balaban J connectivity index is 3.27. The number of benzene rings is 1. The fraction of sp³-hybridized carbons (Fsp3) is 0.333. The number of halogens is 2. The van der Waals surface area contributed by atoms with Gasteiger partial charge in [0.25, 0.3) is 0 Å². The summed E-state index contributed by atoms with van der Waals surface area (Å²) in [5.74, 6) is -0.476. The molecule has 0 atom stereocenters. The molecule has 0 aliphatic carbocycles. The Morgan fingerprint density at radius 2 is 2.07 bits per heavy atom. The number of sulfonamides is 1. The van der Waals surface area contributed by atoms with Gasteiger partial charge in [-0.3, -0.25) is 4.72 Å². The molecule has 0 bridgehead atoms. The zero-order valence-corrected chi connectivity index (χ0v) is 9.91. The Labute approximate surface area is 93.3 Å². The Morgan fingerprint density at radius 3 is 2.53 bits per heavy atom. The number of hydrogen-bond acceptors (Lipinski definition) is 2. The summed E-state index contributed by atoms with van der Waals surface area (Å²) in [6.45, 7) is 1.79. The second-order valence-corrected chi connectivity index (χ2v) is 5.31. The van der Waals surface area contributed by atoms with E-state index in [0.29, 0.717) is 12.0 Å². The van der Waals surface area contributed by atoms with Crippen molar-refractivity contribution >= 4 is 27.3 Å². The van der Waals surface area contributed by atoms with Crippen LogP contribution in [0.15, 0.2) is 12.1 Å². The average molecular weight is 252 g/mol. The van der Waals surface area contributed by atoms with Gasteiger partial charge in [0.1, 0.15) is 5.82 Å². The van der Waals surface area contributed by atoms with E-state index in [2.05, 4.69) is 4.72 Å². The van der Waals surface area contributed by atoms with E-state index in [1.165, 1.54) is 6.07 Å². The van der Waals surface area contributed by atoms with E-state index in [4.69, 9.17) is 11.6 Å². The molecule has 0 saturated carbocycles. The first-order valence-electron chi connectivity index (χ1n) is 4.29. The van der Waals surface area contributed by atoms with Crippen LogP contribution in [-0.2, 0) is 16.4 Å². The van der Waals surface area contributed by atoms with Crippen molar-refractivity contribution in [1.29, 1.82) is 0 Å². The van der Waals surface area contributed by atoms with Crippen LogP contribution in [-0.4, -0.2) is 14.7 Å². The zero-order chi connectivity index (χ0) is 11.6. The van der Waals surface area contributed by atoms with Gasteiger partial charge in [0.15, 0.2) is 0 Å². The lowest BCUT2D eigenvalue weighted by Gasteiger charge is -2.11. The summed E-state index contributed by atoms with van der Waals surface area (Å²) < 4.78 is 37.3. The van der Waals surface area contributed by atoms with Gasteiger partial charge in [-0.1, -0.05) is 18.5 Å². The van der Waals surface area contributed by atoms with E-state index in [9.17, 15) is 12.8 Å². The smallest absolute Gasteiger partial charge is 0.229 e. The van der Waals surface area contributed by atoms with Crippen LogP contribution in [0.25, 0.3) is 0 Å². The van der Waals surface area contributed by atoms with Crippen molar-refractivity contribution in [2.75, 3.05) is 11.0 Å². The Kier molecular flexibility index (Phi) is 3.57. The molecule has 15 heavy (non-hydrogen) atoms. The summed E-state index contributed by atoms with van der Waals surface area (Å²) in [4.78, 5) is 0. The lowest BCUT2D eigenvalue weighted by molar-refractivity contribution is 0.606. The van der Waals surface area contributed by atoms with Gasteiger partial charge < -0.3 is 0 Å². The minimum atomic E-state index is -3.40. The maximum absolute atomic E-state index is 13.0. The SMILES string of the molecule is CCc1cc(F)cc(Cl)c1NS(C)(=O)=O. The number of nitrogens with one attached hydrogen (secondary N) is 1. The largest absolute Gasteiger partial charge is 0.282 e. The molecule has 84 valence electrons. The molecule has 0 saturated heterocycles. The molecule has 6 heteroatoms. The number of aryl methyl sites for hydroxylation is 1. The summed E-state index contributed by atoms with van der Waals surface area (Å²) in [5, 5.41) is 0.0669. The first-order valence-corrected chi connectivity index (χ1v) is 6.56. The molecule has 0 aromatic heterocycles. The molecule has 0 radical (unpaired) electrons. The van der Waals surface area contributed by atoms with Crippen molar-refractivity contribution < 1.29 is 12.8 Å². The van der Waals surface area contributed by atoms with Gasteiger partial charge in [0, 0.05) is 0 Å². The first-order chi connectivity index (χ1) is 6.83. The molecule has 0 heterocycles. The van der Waals surface area contributed by atoms with E-state index in [1.807, 2.05) is 0 Å². The van der Waals surface area contributed by atoms with Crippen molar-refractivity contribution in [3.63, 3.8) is 0 Å². The topological polar surface area (TPSA) is 46.2 Å². The van der Waals surface area contributed by atoms with Crippen LogP contribution in [0.5, 0.6) is 0 Å². The second-order valence-electron chi connectivity index (χ2n) is 3.15. The van der Waals surface area contributed by atoms with Gasteiger partial charge in [-0.25, -0.2) is 12.8 Å². The van der Waals surface area contributed by atoms with Crippen molar-refractivity contribution in [2.45, 2.75) is 13.3 Å². The fourth-order valence-corrected chi connectivity index (χ4v) is 2.15. The molecule has 3 nitrogen and oxygen atoms in total. The number of rotatable bonds is 3. The van der Waals surface area contributed by atoms with Crippen LogP contribution in [0.3, 0.4) is 0 Å². The summed E-state index contributed by atoms with van der Waals surface area (Å²) in [7, 11) is -3.40. The maximum atomic E-state index is 13.0. The monoisotopic (exact) mass is 251 g/mol. The fourth-order valence-electron chi connectivity index (χ4n) is 1.21. The molecule has 1 aromatic carbocycles. The van der Waals surface area contributed by atoms with E-state index in [0.717, 1.165) is 12.3 Å². The normalized spacial score (nSPS) is 11.5. The van der Waals surface area contributed by atoms with Crippen molar-refractivity contribution in [2.24, 2.45) is 0 Å². The van der Waals surface area contributed by atoms with Crippen molar-refractivity contribution in [1.82, 2.24) is 0 Å². The van der Waals surface area contributed by atoms with Crippen LogP contribution >= 0.6 is 11.6 Å². The highest BCUT2D eigenvalue weighted by atomic mass is 35.5. The van der Waals surface area contributed by atoms with Crippen LogP contribution in [0.4, 0.5) is 10.1 Å². The molecule has 1 aromatic rings. The molecular formula is C9H11ClFNO2S. The summed E-state index contributed by atoms with van der Waals surface area (Å²) >= 11 is 5.75. The quantitative estimate of drug-likeness (QED) is 0.897. The Hall–Kier alpha value is -0.810. The maximum Gasteiger partial charge on any atom is 0.229 e. The highest BCUT2D eigenvalue weighted by Gasteiger charge is 2.12. The summed E-state index contributed by atoms with van der Waals surface area (Å²) in [6, 6.07) is 2.34. The second kappa shape index (κ2) is 4.37. The zero-order valence-electron chi connectivity index (χ0n) is 8.34. The van der Waals surface area contributed by atoms with Gasteiger partial charge in [-0.15, -0.1) is 0 Å². The van der Waals surface area contributed by atoms with Gasteiger partial charge in [-0.05, 0) is 24.1 Å². The minimum absolute atomic E-state index is 0.0669. The molecule has 0 aliphatic rings. The summed E-state index contributed by atoms with van der Waals surface area (Å²) in [5.41, 5.74) is 0.786. The Morgan fingerprint density at radius 1 is 1.47 bits per heavy atom. The van der Waals surface area contributed by atoms with Crippen LogP contribution in [0, 0.1) is 5.82 Å². The van der Waals surface area contributed by atoms with Gasteiger partial charge in [0.2, 0.25) is 10.0 Å². The predicted molar refractivity (Wildman–Crippen MR) is 59.3 cm³/mol. The third-order valence-electron chi connectivity index (χ3n) is 1.81. The standard InChI is InChI=1S/C9H11ClFNO2S/c1-3-6-4-7(11)5-8(10)9(6)12-15(2,13)14/h4-5,12H,3H2,1-2H3. The minimum Gasteiger partial charge on any atom is -0.282 e. The van der Waals surface area contributed by atoms with Crippen LogP contribution < -0.4 is 4.72 Å². The summed E-state index contributed by atoms with van der Waals surface area (Å²) in [6.07, 6.45) is 1.52. The number of anilines is 1. The lowest BCUT2D eigenvalue weighted by Crippen LogP contribution is -2.12. The van der Waals surface area contributed by atoms with Crippen LogP contribution in [0.1, 0.15) is 12.5 Å². The van der Waals surface area contributed by atoms with Crippen LogP contribution in [0.2, 0.25) is 5.02 Å². The molecule has 0 spiro atoms. The third kappa shape index (κ3) is 3.35. The molecule has 0 amide bonds. The van der Waals surface area contributed by atoms with Gasteiger partial charge >= 0.3 is 0 Å². The molecule has 1 N–H and O–H groups in total. The average Bonchev–Trinajstić information content (AvgIpc) is 2.07.